The number of rotatable bonds is 13. The number of amides is 2. The summed E-state index contributed by atoms with van der Waals surface area (Å²) in [7, 11) is 0. The van der Waals surface area contributed by atoms with Crippen molar-refractivity contribution in [1.29, 1.82) is 0 Å². The molecule has 0 atom stereocenters. The van der Waals surface area contributed by atoms with Gasteiger partial charge >= 0.3 is 0 Å². The van der Waals surface area contributed by atoms with E-state index < -0.39 is 0 Å². The molecule has 0 unspecified atom stereocenters. The highest BCUT2D eigenvalue weighted by Crippen LogP contribution is 1.98. The summed E-state index contributed by atoms with van der Waals surface area (Å²) in [6.45, 7) is 1.45. The van der Waals surface area contributed by atoms with Crippen molar-refractivity contribution in [3.8, 4) is 0 Å². The Morgan fingerprint density at radius 2 is 1.05 bits per heavy atom. The van der Waals surface area contributed by atoms with Crippen molar-refractivity contribution >= 4 is 11.8 Å². The van der Waals surface area contributed by atoms with Crippen molar-refractivity contribution in [1.82, 2.24) is 10.6 Å². The lowest BCUT2D eigenvalue weighted by Crippen LogP contribution is -2.25. The summed E-state index contributed by atoms with van der Waals surface area (Å²) >= 11 is 0. The number of hydrogen-bond acceptors (Lipinski definition) is 4. The van der Waals surface area contributed by atoms with E-state index in [1.807, 2.05) is 0 Å². The van der Waals surface area contributed by atoms with Crippen LogP contribution < -0.4 is 10.6 Å². The Kier molecular flexibility index (Phi) is 13.5. The van der Waals surface area contributed by atoms with E-state index in [1.165, 1.54) is 0 Å². The molecule has 2 amide bonds. The Morgan fingerprint density at radius 1 is 0.650 bits per heavy atom. The van der Waals surface area contributed by atoms with Crippen LogP contribution in [0.4, 0.5) is 0 Å². The van der Waals surface area contributed by atoms with Gasteiger partial charge in [-0.25, -0.2) is 0 Å². The number of nitrogens with one attached hydrogen (secondary N) is 2. The molecule has 0 aliphatic carbocycles. The molecule has 6 heteroatoms. The molecule has 0 bridgehead atoms. The fraction of sp³-hybridized carbons (Fsp3) is 0.857. The first-order valence-electron chi connectivity index (χ1n) is 7.45. The molecule has 0 aromatic heterocycles. The van der Waals surface area contributed by atoms with Gasteiger partial charge in [-0.3, -0.25) is 9.59 Å². The lowest BCUT2D eigenvalue weighted by atomic mass is 10.2. The first-order chi connectivity index (χ1) is 9.70. The standard InChI is InChI=1S/C14H28N2O4/c17-11-5-7-13(19)15-9-3-1-2-4-10-16-14(20)8-6-12-18/h17-18H,1-12H2,(H,15,19)(H,16,20). The van der Waals surface area contributed by atoms with Crippen LogP contribution >= 0.6 is 0 Å². The van der Waals surface area contributed by atoms with Crippen molar-refractivity contribution in [2.24, 2.45) is 0 Å². The minimum atomic E-state index is -0.00445. The average Bonchev–Trinajstić information content (AvgIpc) is 2.45. The summed E-state index contributed by atoms with van der Waals surface area (Å²) in [6, 6.07) is 0. The lowest BCUT2D eigenvalue weighted by Gasteiger charge is -2.06. The van der Waals surface area contributed by atoms with E-state index in [9.17, 15) is 9.59 Å². The molecular formula is C14H28N2O4. The highest BCUT2D eigenvalue weighted by atomic mass is 16.3. The van der Waals surface area contributed by atoms with E-state index in [-0.39, 0.29) is 25.0 Å². The van der Waals surface area contributed by atoms with Crippen LogP contribution in [0.2, 0.25) is 0 Å². The number of hydrogen-bond donors (Lipinski definition) is 4. The van der Waals surface area contributed by atoms with Gasteiger partial charge in [-0.2, -0.15) is 0 Å². The molecular weight excluding hydrogens is 260 g/mol. The monoisotopic (exact) mass is 288 g/mol. The normalized spacial score (nSPS) is 10.3. The summed E-state index contributed by atoms with van der Waals surface area (Å²) in [5.41, 5.74) is 0. The van der Waals surface area contributed by atoms with Crippen LogP contribution in [-0.2, 0) is 9.59 Å². The SMILES string of the molecule is O=C(CCCO)NCCCCCCNC(=O)CCCO. The molecule has 0 spiro atoms. The smallest absolute Gasteiger partial charge is 0.220 e. The van der Waals surface area contributed by atoms with E-state index in [0.29, 0.717) is 38.8 Å². The maximum atomic E-state index is 11.2. The predicted molar refractivity (Wildman–Crippen MR) is 77.1 cm³/mol. The third-order valence-corrected chi connectivity index (χ3v) is 2.87. The highest BCUT2D eigenvalue weighted by molar-refractivity contribution is 5.76. The summed E-state index contributed by atoms with van der Waals surface area (Å²) < 4.78 is 0. The third kappa shape index (κ3) is 13.3. The topological polar surface area (TPSA) is 98.7 Å². The molecule has 0 fully saturated rings. The number of aliphatic hydroxyl groups is 2. The zero-order chi connectivity index (χ0) is 15.1. The quantitative estimate of drug-likeness (QED) is 0.367. The van der Waals surface area contributed by atoms with Crippen LogP contribution in [0.1, 0.15) is 51.4 Å². The molecule has 0 aliphatic heterocycles. The fourth-order valence-electron chi connectivity index (χ4n) is 1.72. The first-order valence-corrected chi connectivity index (χ1v) is 7.45. The van der Waals surface area contributed by atoms with Crippen LogP contribution in [-0.4, -0.2) is 48.3 Å². The molecule has 118 valence electrons. The van der Waals surface area contributed by atoms with E-state index >= 15 is 0 Å². The van der Waals surface area contributed by atoms with Crippen LogP contribution in [0, 0.1) is 0 Å². The second kappa shape index (κ2) is 14.3. The van der Waals surface area contributed by atoms with Gasteiger partial charge in [0.05, 0.1) is 0 Å². The molecule has 0 aliphatic rings. The van der Waals surface area contributed by atoms with Crippen molar-refractivity contribution in [3.63, 3.8) is 0 Å². The maximum Gasteiger partial charge on any atom is 0.220 e. The van der Waals surface area contributed by atoms with Gasteiger partial charge in [0.25, 0.3) is 0 Å². The molecule has 0 heterocycles. The van der Waals surface area contributed by atoms with Gasteiger partial charge < -0.3 is 20.8 Å². The number of carbonyl (C=O) groups excluding carboxylic acids is 2. The van der Waals surface area contributed by atoms with E-state index in [1.54, 1.807) is 0 Å². The molecule has 0 radical (unpaired) electrons. The van der Waals surface area contributed by atoms with Crippen molar-refractivity contribution < 1.29 is 19.8 Å². The zero-order valence-corrected chi connectivity index (χ0v) is 12.2. The predicted octanol–water partition coefficient (Wildman–Crippen LogP) is 0.324. The second-order valence-corrected chi connectivity index (χ2v) is 4.77. The van der Waals surface area contributed by atoms with E-state index in [2.05, 4.69) is 10.6 Å². The minimum absolute atomic E-state index is 0.00445. The van der Waals surface area contributed by atoms with Crippen LogP contribution in [0.25, 0.3) is 0 Å². The van der Waals surface area contributed by atoms with Crippen molar-refractivity contribution in [2.75, 3.05) is 26.3 Å². The molecule has 20 heavy (non-hydrogen) atoms. The van der Waals surface area contributed by atoms with Crippen LogP contribution in [0.15, 0.2) is 0 Å². The van der Waals surface area contributed by atoms with Crippen molar-refractivity contribution in [3.05, 3.63) is 0 Å². The summed E-state index contributed by atoms with van der Waals surface area (Å²) in [5.74, 6) is -0.00890. The number of unbranched alkanes of at least 4 members (excludes halogenated alkanes) is 3. The molecule has 4 N–H and O–H groups in total. The van der Waals surface area contributed by atoms with Crippen molar-refractivity contribution in [2.45, 2.75) is 51.4 Å². The van der Waals surface area contributed by atoms with Gasteiger partial charge in [0.1, 0.15) is 0 Å². The zero-order valence-electron chi connectivity index (χ0n) is 12.2. The van der Waals surface area contributed by atoms with Gasteiger partial charge in [0, 0.05) is 39.1 Å². The molecule has 6 nitrogen and oxygen atoms in total. The van der Waals surface area contributed by atoms with Crippen LogP contribution in [0.3, 0.4) is 0 Å². The average molecular weight is 288 g/mol. The summed E-state index contributed by atoms with van der Waals surface area (Å²) in [5, 5.41) is 22.8. The largest absolute Gasteiger partial charge is 0.396 e. The highest BCUT2D eigenvalue weighted by Gasteiger charge is 2.00. The molecule has 0 saturated heterocycles. The summed E-state index contributed by atoms with van der Waals surface area (Å²) in [4.78, 5) is 22.4. The maximum absolute atomic E-state index is 11.2. The molecule has 0 saturated carbocycles. The Labute approximate surface area is 120 Å². The molecule has 0 aromatic rings. The van der Waals surface area contributed by atoms with Gasteiger partial charge in [-0.15, -0.1) is 0 Å². The minimum Gasteiger partial charge on any atom is -0.396 e. The van der Waals surface area contributed by atoms with Crippen LogP contribution in [0.5, 0.6) is 0 Å². The third-order valence-electron chi connectivity index (χ3n) is 2.87. The number of carbonyl (C=O) groups is 2. The first kappa shape index (κ1) is 18.9. The summed E-state index contributed by atoms with van der Waals surface area (Å²) in [6.07, 6.45) is 5.71. The van der Waals surface area contributed by atoms with Gasteiger partial charge in [-0.1, -0.05) is 12.8 Å². The Morgan fingerprint density at radius 3 is 1.40 bits per heavy atom. The van der Waals surface area contributed by atoms with Gasteiger partial charge in [-0.05, 0) is 25.7 Å². The van der Waals surface area contributed by atoms with Gasteiger partial charge in [0.2, 0.25) is 11.8 Å². The fourth-order valence-corrected chi connectivity index (χ4v) is 1.72. The van der Waals surface area contributed by atoms with Gasteiger partial charge in [0.15, 0.2) is 0 Å². The lowest BCUT2D eigenvalue weighted by molar-refractivity contribution is -0.122. The number of aliphatic hydroxyl groups excluding tert-OH is 2. The molecule has 0 rings (SSSR count). The Balaban J connectivity index is 3.20. The Bertz CT molecular complexity index is 234. The van der Waals surface area contributed by atoms with E-state index in [0.717, 1.165) is 25.7 Å². The molecule has 0 aromatic carbocycles. The van der Waals surface area contributed by atoms with E-state index in [4.69, 9.17) is 10.2 Å². The second-order valence-electron chi connectivity index (χ2n) is 4.77. The Hall–Kier alpha value is -1.14.